The highest BCUT2D eigenvalue weighted by molar-refractivity contribution is 6.05. The van der Waals surface area contributed by atoms with Crippen molar-refractivity contribution in [3.05, 3.63) is 72.2 Å². The molecule has 32 heavy (non-hydrogen) atoms. The number of hydrogen-bond acceptors (Lipinski definition) is 5. The molecular weight excluding hydrogens is 406 g/mol. The fraction of sp³-hybridized carbons (Fsp3) is 0.167. The van der Waals surface area contributed by atoms with Gasteiger partial charge in [0.1, 0.15) is 11.5 Å². The zero-order valence-corrected chi connectivity index (χ0v) is 17.4. The third-order valence-corrected chi connectivity index (χ3v) is 5.67. The molecule has 8 nitrogen and oxygen atoms in total. The maximum Gasteiger partial charge on any atom is 0.411 e. The predicted molar refractivity (Wildman–Crippen MR) is 121 cm³/mol. The quantitative estimate of drug-likeness (QED) is 0.510. The van der Waals surface area contributed by atoms with Crippen LogP contribution in [0, 0.1) is 0 Å². The molecular formula is C24H21N5O3. The molecule has 0 saturated carbocycles. The lowest BCUT2D eigenvalue weighted by molar-refractivity contribution is 0.0943. The number of pyridine rings is 1. The summed E-state index contributed by atoms with van der Waals surface area (Å²) >= 11 is 0. The summed E-state index contributed by atoms with van der Waals surface area (Å²) in [6.07, 6.45) is 4.31. The Bertz CT molecular complexity index is 1360. The van der Waals surface area contributed by atoms with Crippen molar-refractivity contribution in [1.82, 2.24) is 20.1 Å². The first-order valence-corrected chi connectivity index (χ1v) is 10.3. The number of benzene rings is 2. The number of nitrogens with zero attached hydrogens (tertiary/aromatic N) is 4. The van der Waals surface area contributed by atoms with E-state index in [1.807, 2.05) is 49.0 Å². The third kappa shape index (κ3) is 3.56. The number of fused-ring (bicyclic) bond motifs is 2. The van der Waals surface area contributed by atoms with E-state index in [0.717, 1.165) is 47.0 Å². The van der Waals surface area contributed by atoms with Crippen molar-refractivity contribution in [1.29, 1.82) is 0 Å². The monoisotopic (exact) mass is 427 g/mol. The number of hydrogen-bond donors (Lipinski definition) is 2. The van der Waals surface area contributed by atoms with E-state index in [9.17, 15) is 9.59 Å². The Morgan fingerprint density at radius 3 is 2.72 bits per heavy atom. The van der Waals surface area contributed by atoms with Gasteiger partial charge in [0.15, 0.2) is 0 Å². The Morgan fingerprint density at radius 2 is 1.94 bits per heavy atom. The molecule has 1 aliphatic heterocycles. The zero-order chi connectivity index (χ0) is 22.2. The number of amides is 2. The van der Waals surface area contributed by atoms with Gasteiger partial charge in [0.05, 0.1) is 6.20 Å². The van der Waals surface area contributed by atoms with Gasteiger partial charge in [0.25, 0.3) is 5.91 Å². The molecule has 160 valence electrons. The number of carbonyl (C=O) groups excluding carboxylic acids is 1. The van der Waals surface area contributed by atoms with E-state index in [0.29, 0.717) is 5.82 Å². The summed E-state index contributed by atoms with van der Waals surface area (Å²) in [5.41, 5.74) is 4.47. The van der Waals surface area contributed by atoms with Gasteiger partial charge in [-0.25, -0.2) is 9.78 Å². The van der Waals surface area contributed by atoms with Crippen LogP contribution in [0.15, 0.2) is 60.9 Å². The van der Waals surface area contributed by atoms with Gasteiger partial charge in [-0.2, -0.15) is 5.10 Å². The minimum Gasteiger partial charge on any atom is -0.465 e. The molecule has 2 amide bonds. The third-order valence-electron chi connectivity index (χ3n) is 5.67. The van der Waals surface area contributed by atoms with Crippen LogP contribution in [0.25, 0.3) is 21.9 Å². The van der Waals surface area contributed by atoms with E-state index >= 15 is 0 Å². The van der Waals surface area contributed by atoms with Crippen LogP contribution >= 0.6 is 0 Å². The van der Waals surface area contributed by atoms with Gasteiger partial charge in [-0.15, -0.1) is 0 Å². The number of rotatable bonds is 3. The molecule has 0 unspecified atom stereocenters. The Morgan fingerprint density at radius 1 is 1.09 bits per heavy atom. The van der Waals surface area contributed by atoms with Crippen molar-refractivity contribution in [3.63, 3.8) is 0 Å². The Labute approximate surface area is 184 Å². The van der Waals surface area contributed by atoms with Gasteiger partial charge in [-0.3, -0.25) is 14.8 Å². The molecule has 0 atom stereocenters. The second-order valence-corrected chi connectivity index (χ2v) is 7.81. The van der Waals surface area contributed by atoms with Crippen molar-refractivity contribution in [2.45, 2.75) is 12.8 Å². The van der Waals surface area contributed by atoms with E-state index in [4.69, 9.17) is 5.11 Å². The molecule has 3 heterocycles. The van der Waals surface area contributed by atoms with Crippen LogP contribution in [0.2, 0.25) is 0 Å². The summed E-state index contributed by atoms with van der Waals surface area (Å²) in [7, 11) is 1.90. The maximum atomic E-state index is 12.4. The average molecular weight is 427 g/mol. The predicted octanol–water partition coefficient (Wildman–Crippen LogP) is 4.13. The summed E-state index contributed by atoms with van der Waals surface area (Å²) in [6.45, 7) is 0.750. The highest BCUT2D eigenvalue weighted by atomic mass is 16.4. The zero-order valence-electron chi connectivity index (χ0n) is 17.4. The van der Waals surface area contributed by atoms with Crippen LogP contribution in [-0.2, 0) is 13.5 Å². The topological polar surface area (TPSA) is 100 Å². The standard InChI is InChI=1S/C24H21N5O3/c1-28-14-18(13-25-28)15-8-9-21-17(11-15)6-4-10-29(21)22-19-7-3-2-5-16(19)12-20(26-22)23(30)27-24(31)32/h2-3,5,7-9,11-14H,4,6,10H2,1H3,(H,27,30)(H,31,32). The molecule has 0 saturated heterocycles. The normalized spacial score (nSPS) is 13.1. The van der Waals surface area contributed by atoms with Crippen LogP contribution in [-0.4, -0.2) is 38.4 Å². The van der Waals surface area contributed by atoms with Crippen molar-refractivity contribution in [2.75, 3.05) is 11.4 Å². The van der Waals surface area contributed by atoms with Gasteiger partial charge in [0, 0.05) is 36.4 Å². The van der Waals surface area contributed by atoms with E-state index in [-0.39, 0.29) is 5.69 Å². The van der Waals surface area contributed by atoms with Crippen molar-refractivity contribution in [3.8, 4) is 11.1 Å². The highest BCUT2D eigenvalue weighted by Crippen LogP contribution is 2.38. The molecule has 0 aliphatic carbocycles. The fourth-order valence-electron chi connectivity index (χ4n) is 4.23. The lowest BCUT2D eigenvalue weighted by Crippen LogP contribution is -2.30. The molecule has 8 heteroatoms. The number of carboxylic acid groups (broad SMARTS) is 1. The fourth-order valence-corrected chi connectivity index (χ4v) is 4.23. The number of nitrogens with one attached hydrogen (secondary N) is 1. The van der Waals surface area contributed by atoms with Gasteiger partial charge >= 0.3 is 6.09 Å². The SMILES string of the molecule is Cn1cc(-c2ccc3c(c2)CCCN3c2nc(C(=O)NC(=O)O)cc3ccccc23)cn1. The van der Waals surface area contributed by atoms with E-state index in [1.165, 1.54) is 5.56 Å². The lowest BCUT2D eigenvalue weighted by Gasteiger charge is -2.32. The molecule has 2 aromatic heterocycles. The van der Waals surface area contributed by atoms with Crippen molar-refractivity contribution in [2.24, 2.45) is 7.05 Å². The summed E-state index contributed by atoms with van der Waals surface area (Å²) in [5, 5.41) is 16.8. The minimum absolute atomic E-state index is 0.0696. The number of anilines is 2. The Hall–Kier alpha value is -4.20. The summed E-state index contributed by atoms with van der Waals surface area (Å²) in [5.74, 6) is -0.0950. The van der Waals surface area contributed by atoms with Gasteiger partial charge in [-0.05, 0) is 47.6 Å². The molecule has 2 aromatic carbocycles. The van der Waals surface area contributed by atoms with E-state index in [1.54, 1.807) is 10.7 Å². The number of carbonyl (C=O) groups is 2. The largest absolute Gasteiger partial charge is 0.465 e. The number of imide groups is 1. The Kier molecular flexibility index (Phi) is 4.82. The smallest absolute Gasteiger partial charge is 0.411 e. The van der Waals surface area contributed by atoms with Crippen LogP contribution < -0.4 is 10.2 Å². The summed E-state index contributed by atoms with van der Waals surface area (Å²) < 4.78 is 1.78. The minimum atomic E-state index is -1.40. The first-order chi connectivity index (χ1) is 15.5. The van der Waals surface area contributed by atoms with E-state index in [2.05, 4.69) is 33.2 Å². The van der Waals surface area contributed by atoms with Crippen LogP contribution in [0.3, 0.4) is 0 Å². The van der Waals surface area contributed by atoms with Crippen LogP contribution in [0.5, 0.6) is 0 Å². The molecule has 2 N–H and O–H groups in total. The second-order valence-electron chi connectivity index (χ2n) is 7.81. The molecule has 0 spiro atoms. The van der Waals surface area contributed by atoms with Gasteiger partial charge in [-0.1, -0.05) is 30.3 Å². The summed E-state index contributed by atoms with van der Waals surface area (Å²) in [4.78, 5) is 30.1. The molecule has 0 fully saturated rings. The van der Waals surface area contributed by atoms with Crippen molar-refractivity contribution < 1.29 is 14.7 Å². The molecule has 1 aliphatic rings. The molecule has 0 radical (unpaired) electrons. The highest BCUT2D eigenvalue weighted by Gasteiger charge is 2.23. The van der Waals surface area contributed by atoms with Crippen LogP contribution in [0.4, 0.5) is 16.3 Å². The van der Waals surface area contributed by atoms with Crippen molar-refractivity contribution >= 4 is 34.3 Å². The van der Waals surface area contributed by atoms with Gasteiger partial charge in [0.2, 0.25) is 0 Å². The molecule has 0 bridgehead atoms. The van der Waals surface area contributed by atoms with Crippen LogP contribution in [0.1, 0.15) is 22.5 Å². The molecule has 4 aromatic rings. The Balaban J connectivity index is 1.62. The number of aryl methyl sites for hydroxylation is 2. The second kappa shape index (κ2) is 7.81. The number of aromatic nitrogens is 3. The maximum absolute atomic E-state index is 12.4. The molecule has 5 rings (SSSR count). The summed E-state index contributed by atoms with van der Waals surface area (Å²) in [6, 6.07) is 15.6. The van der Waals surface area contributed by atoms with Gasteiger partial charge < -0.3 is 10.0 Å². The van der Waals surface area contributed by atoms with E-state index < -0.39 is 12.0 Å². The first-order valence-electron chi connectivity index (χ1n) is 10.3. The first kappa shape index (κ1) is 19.7. The lowest BCUT2D eigenvalue weighted by atomic mass is 9.96. The average Bonchev–Trinajstić information content (AvgIpc) is 3.23.